The van der Waals surface area contributed by atoms with Crippen LogP contribution in [0, 0.1) is 20.8 Å². The zero-order valence-corrected chi connectivity index (χ0v) is 18.6. The smallest absolute Gasteiger partial charge is 0.258 e. The van der Waals surface area contributed by atoms with E-state index in [0.29, 0.717) is 23.0 Å². The summed E-state index contributed by atoms with van der Waals surface area (Å²) in [6.07, 6.45) is 6.15. The number of aromatic nitrogens is 5. The van der Waals surface area contributed by atoms with Crippen molar-refractivity contribution in [2.24, 2.45) is 0 Å². The summed E-state index contributed by atoms with van der Waals surface area (Å²) in [6, 6.07) is 5.75. The number of likely N-dealkylation sites (tertiary alicyclic amines) is 1. The van der Waals surface area contributed by atoms with Gasteiger partial charge in [-0.05, 0) is 76.4 Å². The summed E-state index contributed by atoms with van der Waals surface area (Å²) in [6.45, 7) is 11.5. The Hall–Kier alpha value is -3.06. The van der Waals surface area contributed by atoms with Gasteiger partial charge in [-0.15, -0.1) is 0 Å². The molecule has 4 aromatic rings. The normalized spacial score (nSPS) is 15.9. The Morgan fingerprint density at radius 3 is 2.52 bits per heavy atom. The van der Waals surface area contributed by atoms with Crippen LogP contribution in [0.4, 0.5) is 0 Å². The minimum atomic E-state index is -0.0703. The quantitative estimate of drug-likeness (QED) is 0.511. The molecule has 160 valence electrons. The van der Waals surface area contributed by atoms with Gasteiger partial charge in [-0.2, -0.15) is 5.10 Å². The van der Waals surface area contributed by atoms with E-state index in [2.05, 4.69) is 28.0 Å². The van der Waals surface area contributed by atoms with E-state index < -0.39 is 0 Å². The maximum atomic E-state index is 13.1. The van der Waals surface area contributed by atoms with Crippen molar-refractivity contribution < 1.29 is 0 Å². The molecule has 31 heavy (non-hydrogen) atoms. The lowest BCUT2D eigenvalue weighted by atomic mass is 9.90. The average Bonchev–Trinajstić information content (AvgIpc) is 3.18. The van der Waals surface area contributed by atoms with Gasteiger partial charge in [0.15, 0.2) is 0 Å². The Kier molecular flexibility index (Phi) is 4.85. The highest BCUT2D eigenvalue weighted by Gasteiger charge is 2.21. The van der Waals surface area contributed by atoms with Crippen LogP contribution in [-0.4, -0.2) is 48.5 Å². The van der Waals surface area contributed by atoms with Crippen LogP contribution in [0.2, 0.25) is 0 Å². The number of pyridine rings is 1. The zero-order chi connectivity index (χ0) is 21.7. The molecule has 0 bridgehead atoms. The number of aryl methyl sites for hydroxylation is 3. The third kappa shape index (κ3) is 3.53. The number of rotatable bonds is 3. The third-order valence-electron chi connectivity index (χ3n) is 6.49. The largest absolute Gasteiger partial charge is 0.304 e. The minimum Gasteiger partial charge on any atom is -0.304 e. The van der Waals surface area contributed by atoms with E-state index in [9.17, 15) is 4.79 Å². The predicted molar refractivity (Wildman–Crippen MR) is 122 cm³/mol. The summed E-state index contributed by atoms with van der Waals surface area (Å²) in [5, 5.41) is 4.65. The lowest BCUT2D eigenvalue weighted by Gasteiger charge is -2.31. The van der Waals surface area contributed by atoms with E-state index in [0.717, 1.165) is 54.9 Å². The first-order chi connectivity index (χ1) is 14.9. The topological polar surface area (TPSA) is 67.8 Å². The molecule has 0 spiro atoms. The van der Waals surface area contributed by atoms with Gasteiger partial charge < -0.3 is 4.90 Å². The van der Waals surface area contributed by atoms with Gasteiger partial charge in [0.05, 0.1) is 28.8 Å². The minimum absolute atomic E-state index is 0.0703. The van der Waals surface area contributed by atoms with Crippen LogP contribution in [0.1, 0.15) is 48.2 Å². The molecular weight excluding hydrogens is 388 g/mol. The maximum Gasteiger partial charge on any atom is 0.258 e. The molecule has 0 amide bonds. The van der Waals surface area contributed by atoms with Gasteiger partial charge in [-0.25, -0.2) is 9.50 Å². The second kappa shape index (κ2) is 7.57. The Morgan fingerprint density at radius 2 is 1.77 bits per heavy atom. The first-order valence-electron chi connectivity index (χ1n) is 11.0. The molecule has 5 heterocycles. The number of fused-ring (bicyclic) bond motifs is 2. The van der Waals surface area contributed by atoms with Gasteiger partial charge in [-0.3, -0.25) is 14.2 Å². The van der Waals surface area contributed by atoms with Gasteiger partial charge in [0.1, 0.15) is 11.3 Å². The highest BCUT2D eigenvalue weighted by Crippen LogP contribution is 2.29. The fourth-order valence-electron chi connectivity index (χ4n) is 4.75. The van der Waals surface area contributed by atoms with Gasteiger partial charge in [0.2, 0.25) is 0 Å². The number of hydrogen-bond acceptors (Lipinski definition) is 5. The summed E-state index contributed by atoms with van der Waals surface area (Å²) in [5.41, 5.74) is 6.90. The third-order valence-corrected chi connectivity index (χ3v) is 6.49. The molecule has 1 saturated heterocycles. The summed E-state index contributed by atoms with van der Waals surface area (Å²) < 4.78 is 3.52. The number of nitrogens with zero attached hydrogens (tertiary/aromatic N) is 6. The first kappa shape index (κ1) is 19.9. The predicted octanol–water partition coefficient (Wildman–Crippen LogP) is 3.53. The lowest BCUT2D eigenvalue weighted by molar-refractivity contribution is 0.222. The molecule has 1 aliphatic rings. The lowest BCUT2D eigenvalue weighted by Crippen LogP contribution is -2.32. The maximum absolute atomic E-state index is 13.1. The Labute approximate surface area is 181 Å². The van der Waals surface area contributed by atoms with Crippen molar-refractivity contribution in [2.45, 2.75) is 46.5 Å². The van der Waals surface area contributed by atoms with Crippen LogP contribution < -0.4 is 5.56 Å². The Morgan fingerprint density at radius 1 is 1.00 bits per heavy atom. The highest BCUT2D eigenvalue weighted by molar-refractivity contribution is 5.66. The molecule has 0 aromatic carbocycles. The van der Waals surface area contributed by atoms with Crippen LogP contribution >= 0.6 is 0 Å². The first-order valence-corrected chi connectivity index (χ1v) is 11.0. The van der Waals surface area contributed by atoms with Crippen LogP contribution in [0.25, 0.3) is 22.6 Å². The summed E-state index contributed by atoms with van der Waals surface area (Å²) in [7, 11) is 0. The molecule has 5 rings (SSSR count). The van der Waals surface area contributed by atoms with E-state index in [1.165, 1.54) is 5.56 Å². The molecule has 7 heteroatoms. The van der Waals surface area contributed by atoms with Gasteiger partial charge >= 0.3 is 0 Å². The molecule has 0 radical (unpaired) electrons. The van der Waals surface area contributed by atoms with Crippen molar-refractivity contribution in [1.29, 1.82) is 0 Å². The molecular formula is C24H28N6O. The second-order valence-corrected chi connectivity index (χ2v) is 8.67. The molecule has 1 fully saturated rings. The summed E-state index contributed by atoms with van der Waals surface area (Å²) in [4.78, 5) is 24.9. The summed E-state index contributed by atoms with van der Waals surface area (Å²) in [5.74, 6) is 0.495. The molecule has 7 nitrogen and oxygen atoms in total. The van der Waals surface area contributed by atoms with E-state index >= 15 is 0 Å². The summed E-state index contributed by atoms with van der Waals surface area (Å²) >= 11 is 0. The fraction of sp³-hybridized carbons (Fsp3) is 0.417. The molecule has 0 saturated carbocycles. The van der Waals surface area contributed by atoms with E-state index in [-0.39, 0.29) is 5.56 Å². The molecule has 0 atom stereocenters. The van der Waals surface area contributed by atoms with Gasteiger partial charge in [0.25, 0.3) is 5.56 Å². The van der Waals surface area contributed by atoms with Gasteiger partial charge in [-0.1, -0.05) is 13.0 Å². The van der Waals surface area contributed by atoms with E-state index in [1.807, 2.05) is 43.7 Å². The monoisotopic (exact) mass is 416 g/mol. The van der Waals surface area contributed by atoms with Crippen molar-refractivity contribution in [3.05, 3.63) is 63.5 Å². The Balaban J connectivity index is 1.56. The fourth-order valence-corrected chi connectivity index (χ4v) is 4.75. The van der Waals surface area contributed by atoms with E-state index in [1.54, 1.807) is 10.5 Å². The highest BCUT2D eigenvalue weighted by atomic mass is 16.1. The molecule has 4 aromatic heterocycles. The second-order valence-electron chi connectivity index (χ2n) is 8.67. The molecule has 0 aliphatic carbocycles. The van der Waals surface area contributed by atoms with Crippen molar-refractivity contribution in [2.75, 3.05) is 19.6 Å². The van der Waals surface area contributed by atoms with Crippen molar-refractivity contribution >= 4 is 11.2 Å². The van der Waals surface area contributed by atoms with Crippen LogP contribution in [-0.2, 0) is 0 Å². The van der Waals surface area contributed by atoms with Crippen molar-refractivity contribution in [1.82, 2.24) is 28.9 Å². The molecule has 0 N–H and O–H groups in total. The molecule has 0 unspecified atom stereocenters. The average molecular weight is 417 g/mol. The van der Waals surface area contributed by atoms with E-state index in [4.69, 9.17) is 4.98 Å². The van der Waals surface area contributed by atoms with Gasteiger partial charge in [0, 0.05) is 12.3 Å². The Bertz CT molecular complexity index is 1340. The van der Waals surface area contributed by atoms with Crippen LogP contribution in [0.15, 0.2) is 35.4 Å². The molecule has 1 aliphatic heterocycles. The number of piperidine rings is 1. The standard InChI is InChI=1S/C24H28N6O/c1-5-28-8-6-18(7-9-28)19-10-15(2)24-26-20(12-23(31)29(24)14-19)21-11-22-17(4)25-16(3)13-30(22)27-21/h10-14,18H,5-9H2,1-4H3. The van der Waals surface area contributed by atoms with Crippen molar-refractivity contribution in [3.8, 4) is 11.4 Å². The van der Waals surface area contributed by atoms with Crippen molar-refractivity contribution in [3.63, 3.8) is 0 Å². The van der Waals surface area contributed by atoms with Crippen LogP contribution in [0.5, 0.6) is 0 Å². The zero-order valence-electron chi connectivity index (χ0n) is 18.6. The van der Waals surface area contributed by atoms with Crippen LogP contribution in [0.3, 0.4) is 0 Å². The number of hydrogen-bond donors (Lipinski definition) is 0. The SMILES string of the molecule is CCN1CCC(c2cc(C)c3nc(-c4cc5c(C)nc(C)cn5n4)cc(=O)n3c2)CC1.